The maximum absolute atomic E-state index is 13.2. The smallest absolute Gasteiger partial charge is 0.262 e. The first-order valence-corrected chi connectivity index (χ1v) is 7.34. The highest BCUT2D eigenvalue weighted by atomic mass is 32.2. The Labute approximate surface area is 117 Å². The van der Waals surface area contributed by atoms with E-state index in [0.717, 1.165) is 6.07 Å². The summed E-state index contributed by atoms with van der Waals surface area (Å²) in [6, 6.07) is 10.00. The molecule has 0 aliphatic heterocycles. The summed E-state index contributed by atoms with van der Waals surface area (Å²) in [5, 5.41) is 0. The predicted octanol–water partition coefficient (Wildman–Crippen LogP) is 2.94. The van der Waals surface area contributed by atoms with Gasteiger partial charge in [-0.15, -0.1) is 0 Å². The van der Waals surface area contributed by atoms with Crippen molar-refractivity contribution >= 4 is 15.7 Å². The minimum Gasteiger partial charge on any atom is -0.497 e. The molecule has 0 bridgehead atoms. The van der Waals surface area contributed by atoms with E-state index in [0.29, 0.717) is 11.3 Å². The van der Waals surface area contributed by atoms with Crippen molar-refractivity contribution in [1.82, 2.24) is 0 Å². The van der Waals surface area contributed by atoms with Crippen LogP contribution in [0.1, 0.15) is 5.56 Å². The Kier molecular flexibility index (Phi) is 3.94. The molecule has 0 atom stereocenters. The fourth-order valence-corrected chi connectivity index (χ4v) is 2.83. The Balaban J connectivity index is 2.38. The van der Waals surface area contributed by atoms with E-state index in [4.69, 9.17) is 4.74 Å². The Morgan fingerprint density at radius 3 is 2.60 bits per heavy atom. The number of anilines is 1. The molecule has 0 amide bonds. The van der Waals surface area contributed by atoms with Crippen LogP contribution in [0.15, 0.2) is 47.4 Å². The van der Waals surface area contributed by atoms with E-state index in [-0.39, 0.29) is 10.6 Å². The number of benzene rings is 2. The molecule has 0 saturated carbocycles. The molecule has 2 rings (SSSR count). The third-order valence-electron chi connectivity index (χ3n) is 2.80. The van der Waals surface area contributed by atoms with Crippen molar-refractivity contribution in [3.8, 4) is 5.75 Å². The lowest BCUT2D eigenvalue weighted by molar-refractivity contribution is 0.413. The fourth-order valence-electron chi connectivity index (χ4n) is 1.68. The normalized spacial score (nSPS) is 11.2. The zero-order valence-electron chi connectivity index (χ0n) is 11.1. The van der Waals surface area contributed by atoms with Crippen LogP contribution in [-0.4, -0.2) is 15.5 Å². The van der Waals surface area contributed by atoms with Crippen LogP contribution >= 0.6 is 0 Å². The minimum atomic E-state index is -3.78. The van der Waals surface area contributed by atoms with Gasteiger partial charge in [-0.2, -0.15) is 0 Å². The zero-order valence-corrected chi connectivity index (χ0v) is 11.9. The zero-order chi connectivity index (χ0) is 14.8. The van der Waals surface area contributed by atoms with Gasteiger partial charge in [-0.3, -0.25) is 4.72 Å². The van der Waals surface area contributed by atoms with Gasteiger partial charge < -0.3 is 4.74 Å². The van der Waals surface area contributed by atoms with Gasteiger partial charge in [0.2, 0.25) is 0 Å². The Morgan fingerprint density at radius 2 is 1.90 bits per heavy atom. The van der Waals surface area contributed by atoms with E-state index in [1.807, 2.05) is 0 Å². The van der Waals surface area contributed by atoms with Crippen molar-refractivity contribution in [2.75, 3.05) is 11.8 Å². The van der Waals surface area contributed by atoms with Crippen molar-refractivity contribution in [1.29, 1.82) is 0 Å². The van der Waals surface area contributed by atoms with Gasteiger partial charge in [-0.1, -0.05) is 12.1 Å². The van der Waals surface area contributed by atoms with Gasteiger partial charge >= 0.3 is 0 Å². The molecule has 1 N–H and O–H groups in total. The average Bonchev–Trinajstić information content (AvgIpc) is 2.43. The molecule has 20 heavy (non-hydrogen) atoms. The van der Waals surface area contributed by atoms with Gasteiger partial charge in [0, 0.05) is 6.07 Å². The number of sulfonamides is 1. The average molecular weight is 295 g/mol. The molecule has 0 aliphatic carbocycles. The van der Waals surface area contributed by atoms with Gasteiger partial charge in [-0.25, -0.2) is 12.8 Å². The largest absolute Gasteiger partial charge is 0.497 e. The van der Waals surface area contributed by atoms with Crippen molar-refractivity contribution in [3.05, 3.63) is 53.8 Å². The van der Waals surface area contributed by atoms with Crippen LogP contribution in [0.4, 0.5) is 10.1 Å². The lowest BCUT2D eigenvalue weighted by Gasteiger charge is -2.11. The molecule has 0 aromatic heterocycles. The van der Waals surface area contributed by atoms with Gasteiger partial charge in [0.25, 0.3) is 10.0 Å². The summed E-state index contributed by atoms with van der Waals surface area (Å²) in [5.41, 5.74) is 0.852. The monoisotopic (exact) mass is 295 g/mol. The number of methoxy groups -OCH3 is 1. The van der Waals surface area contributed by atoms with Crippen LogP contribution in [0.5, 0.6) is 5.75 Å². The number of hydrogen-bond acceptors (Lipinski definition) is 3. The number of halogens is 1. The quantitative estimate of drug-likeness (QED) is 0.943. The molecular formula is C14H14FNO3S. The minimum absolute atomic E-state index is 0.0560. The number of ether oxygens (including phenoxy) is 1. The van der Waals surface area contributed by atoms with Crippen LogP contribution < -0.4 is 9.46 Å². The van der Waals surface area contributed by atoms with E-state index in [1.165, 1.54) is 31.4 Å². The molecule has 0 radical (unpaired) electrons. The second kappa shape index (κ2) is 5.50. The molecule has 2 aromatic carbocycles. The van der Waals surface area contributed by atoms with Crippen LogP contribution in [0.2, 0.25) is 0 Å². The molecule has 4 nitrogen and oxygen atoms in total. The fraction of sp³-hybridized carbons (Fsp3) is 0.143. The summed E-state index contributed by atoms with van der Waals surface area (Å²) in [5.74, 6) is -0.0669. The van der Waals surface area contributed by atoms with Gasteiger partial charge in [0.1, 0.15) is 11.6 Å². The van der Waals surface area contributed by atoms with E-state index in [9.17, 15) is 12.8 Å². The first kappa shape index (κ1) is 14.3. The first-order valence-electron chi connectivity index (χ1n) is 5.85. The molecular weight excluding hydrogens is 281 g/mol. The molecule has 2 aromatic rings. The second-order valence-corrected chi connectivity index (χ2v) is 5.93. The molecule has 106 valence electrons. The van der Waals surface area contributed by atoms with E-state index in [1.54, 1.807) is 19.1 Å². The van der Waals surface area contributed by atoms with E-state index >= 15 is 0 Å². The van der Waals surface area contributed by atoms with E-state index in [2.05, 4.69) is 4.72 Å². The highest BCUT2D eigenvalue weighted by molar-refractivity contribution is 7.92. The molecule has 0 spiro atoms. The highest BCUT2D eigenvalue weighted by Gasteiger charge is 2.16. The maximum Gasteiger partial charge on any atom is 0.262 e. The van der Waals surface area contributed by atoms with Crippen LogP contribution in [0, 0.1) is 12.7 Å². The molecule has 0 aliphatic rings. The maximum atomic E-state index is 13.2. The summed E-state index contributed by atoms with van der Waals surface area (Å²) < 4.78 is 45.0. The highest BCUT2D eigenvalue weighted by Crippen LogP contribution is 2.22. The summed E-state index contributed by atoms with van der Waals surface area (Å²) in [7, 11) is -2.33. The summed E-state index contributed by atoms with van der Waals surface area (Å²) in [6.45, 7) is 1.70. The number of aryl methyl sites for hydroxylation is 1. The standard InChI is InChI=1S/C14H14FNO3S/c1-10-6-7-11(15)8-14(10)16-20(17,18)13-5-3-4-12(9-13)19-2/h3-9,16H,1-2H3. The molecule has 0 saturated heterocycles. The van der Waals surface area contributed by atoms with Crippen LogP contribution in [0.3, 0.4) is 0 Å². The molecule has 0 fully saturated rings. The van der Waals surface area contributed by atoms with Crippen molar-refractivity contribution in [3.63, 3.8) is 0 Å². The number of hydrogen-bond donors (Lipinski definition) is 1. The summed E-state index contributed by atoms with van der Waals surface area (Å²) in [6.07, 6.45) is 0. The third kappa shape index (κ3) is 3.08. The second-order valence-electron chi connectivity index (χ2n) is 4.24. The summed E-state index contributed by atoms with van der Waals surface area (Å²) >= 11 is 0. The molecule has 0 heterocycles. The van der Waals surface area contributed by atoms with Crippen molar-refractivity contribution in [2.45, 2.75) is 11.8 Å². The van der Waals surface area contributed by atoms with Crippen molar-refractivity contribution < 1.29 is 17.5 Å². The molecule has 0 unspecified atom stereocenters. The topological polar surface area (TPSA) is 55.4 Å². The molecule has 6 heteroatoms. The first-order chi connectivity index (χ1) is 9.42. The van der Waals surface area contributed by atoms with E-state index < -0.39 is 15.8 Å². The predicted molar refractivity (Wildman–Crippen MR) is 74.9 cm³/mol. The van der Waals surface area contributed by atoms with Crippen molar-refractivity contribution in [2.24, 2.45) is 0 Å². The van der Waals surface area contributed by atoms with Gasteiger partial charge in [-0.05, 0) is 36.8 Å². The third-order valence-corrected chi connectivity index (χ3v) is 4.16. The Bertz CT molecular complexity index is 729. The Morgan fingerprint density at radius 1 is 1.15 bits per heavy atom. The number of rotatable bonds is 4. The SMILES string of the molecule is COc1cccc(S(=O)(=O)Nc2cc(F)ccc2C)c1. The van der Waals surface area contributed by atoms with Crippen LogP contribution in [-0.2, 0) is 10.0 Å². The van der Waals surface area contributed by atoms with Crippen LogP contribution in [0.25, 0.3) is 0 Å². The van der Waals surface area contributed by atoms with Gasteiger partial charge in [0.15, 0.2) is 0 Å². The lowest BCUT2D eigenvalue weighted by Crippen LogP contribution is -2.14. The lowest BCUT2D eigenvalue weighted by atomic mass is 10.2. The number of nitrogens with one attached hydrogen (secondary N) is 1. The summed E-state index contributed by atoms with van der Waals surface area (Å²) in [4.78, 5) is 0.0560. The van der Waals surface area contributed by atoms with Gasteiger partial charge in [0.05, 0.1) is 17.7 Å². The Hall–Kier alpha value is -2.08.